The molecule has 0 saturated carbocycles. The van der Waals surface area contributed by atoms with Crippen molar-refractivity contribution in [1.82, 2.24) is 9.58 Å². The quantitative estimate of drug-likeness (QED) is 0.525. The van der Waals surface area contributed by atoms with Crippen LogP contribution in [0.3, 0.4) is 0 Å². The molecule has 2 heterocycles. The lowest BCUT2D eigenvalue weighted by atomic mass is 9.97. The molecule has 1 aliphatic heterocycles. The Balaban J connectivity index is 1.51. The Kier molecular flexibility index (Phi) is 4.77. The summed E-state index contributed by atoms with van der Waals surface area (Å²) in [4.78, 5) is 13.5. The second-order valence-electron chi connectivity index (χ2n) is 7.31. The van der Waals surface area contributed by atoms with Crippen LogP contribution >= 0.6 is 11.3 Å². The number of benzene rings is 3. The minimum absolute atomic E-state index is 0.111. The molecule has 1 amide bonds. The summed E-state index contributed by atoms with van der Waals surface area (Å²) in [6.07, 6.45) is 2.43. The fourth-order valence-corrected chi connectivity index (χ4v) is 4.46. The number of fused-ring (bicyclic) bond motifs is 1. The standard InChI is InChI=1S/C24H20N4OS/c25-24-27(12-13-30-24)16-23(29)28-22(18-7-2-1-3-8-18)15-21(26-28)20-11-10-17-6-4-5-9-19(17)14-20/h1-14,22,25H,15-16H2/t22-/m0/s1. The van der Waals surface area contributed by atoms with E-state index in [0.29, 0.717) is 11.2 Å². The lowest BCUT2D eigenvalue weighted by Gasteiger charge is -2.22. The van der Waals surface area contributed by atoms with Gasteiger partial charge in [-0.05, 0) is 28.0 Å². The van der Waals surface area contributed by atoms with Crippen molar-refractivity contribution in [2.24, 2.45) is 5.10 Å². The molecule has 1 atom stereocenters. The summed E-state index contributed by atoms with van der Waals surface area (Å²) in [5.74, 6) is -0.114. The molecule has 0 unspecified atom stereocenters. The molecule has 4 aromatic rings. The Bertz CT molecular complexity index is 1310. The summed E-state index contributed by atoms with van der Waals surface area (Å²) in [5.41, 5.74) is 3.01. The molecular formula is C24H20N4OS. The highest BCUT2D eigenvalue weighted by molar-refractivity contribution is 7.06. The second kappa shape index (κ2) is 7.72. The van der Waals surface area contributed by atoms with Crippen molar-refractivity contribution >= 4 is 33.7 Å². The van der Waals surface area contributed by atoms with Gasteiger partial charge in [-0.1, -0.05) is 66.7 Å². The average Bonchev–Trinajstić information content (AvgIpc) is 3.41. The monoisotopic (exact) mass is 412 g/mol. The van der Waals surface area contributed by atoms with Gasteiger partial charge in [0.1, 0.15) is 6.54 Å². The van der Waals surface area contributed by atoms with E-state index < -0.39 is 0 Å². The van der Waals surface area contributed by atoms with Crippen molar-refractivity contribution in [1.29, 1.82) is 5.41 Å². The predicted octanol–water partition coefficient (Wildman–Crippen LogP) is 4.56. The van der Waals surface area contributed by atoms with E-state index in [2.05, 4.69) is 30.3 Å². The number of hydrogen-bond acceptors (Lipinski definition) is 4. The number of nitrogens with zero attached hydrogens (tertiary/aromatic N) is 3. The van der Waals surface area contributed by atoms with Crippen molar-refractivity contribution in [3.63, 3.8) is 0 Å². The molecule has 5 nitrogen and oxygen atoms in total. The lowest BCUT2D eigenvalue weighted by Crippen LogP contribution is -2.32. The van der Waals surface area contributed by atoms with E-state index in [-0.39, 0.29) is 18.5 Å². The minimum Gasteiger partial charge on any atom is -0.315 e. The van der Waals surface area contributed by atoms with Crippen LogP contribution < -0.4 is 4.80 Å². The van der Waals surface area contributed by atoms with Gasteiger partial charge in [-0.2, -0.15) is 5.10 Å². The van der Waals surface area contributed by atoms with Crippen LogP contribution in [0.1, 0.15) is 23.6 Å². The molecule has 1 N–H and O–H groups in total. The Hall–Kier alpha value is -3.51. The number of hydrogen-bond donors (Lipinski definition) is 1. The summed E-state index contributed by atoms with van der Waals surface area (Å²) in [6.45, 7) is 0.111. The topological polar surface area (TPSA) is 61.5 Å². The van der Waals surface area contributed by atoms with Gasteiger partial charge in [-0.3, -0.25) is 10.2 Å². The predicted molar refractivity (Wildman–Crippen MR) is 119 cm³/mol. The molecule has 1 aliphatic rings. The molecule has 0 spiro atoms. The Labute approximate surface area is 178 Å². The fraction of sp³-hybridized carbons (Fsp3) is 0.125. The Morgan fingerprint density at radius 3 is 2.57 bits per heavy atom. The summed E-state index contributed by atoms with van der Waals surface area (Å²) in [7, 11) is 0. The highest BCUT2D eigenvalue weighted by atomic mass is 32.1. The van der Waals surface area contributed by atoms with Gasteiger partial charge < -0.3 is 4.57 Å². The molecule has 30 heavy (non-hydrogen) atoms. The second-order valence-corrected chi connectivity index (χ2v) is 8.21. The van der Waals surface area contributed by atoms with E-state index in [1.54, 1.807) is 15.8 Å². The molecule has 6 heteroatoms. The first-order valence-corrected chi connectivity index (χ1v) is 10.7. The first kappa shape index (κ1) is 18.5. The van der Waals surface area contributed by atoms with Crippen molar-refractivity contribution in [2.75, 3.05) is 0 Å². The van der Waals surface area contributed by atoms with Gasteiger partial charge in [0.2, 0.25) is 0 Å². The van der Waals surface area contributed by atoms with E-state index in [4.69, 9.17) is 10.5 Å². The van der Waals surface area contributed by atoms with Gasteiger partial charge in [0.15, 0.2) is 4.80 Å². The summed E-state index contributed by atoms with van der Waals surface area (Å²) in [6, 6.07) is 24.4. The molecule has 0 radical (unpaired) electrons. The van der Waals surface area contributed by atoms with Crippen LogP contribution in [0.25, 0.3) is 10.8 Å². The normalized spacial score (nSPS) is 16.1. The highest BCUT2D eigenvalue weighted by Crippen LogP contribution is 2.33. The average molecular weight is 413 g/mol. The smallest absolute Gasteiger partial charge is 0.263 e. The van der Waals surface area contributed by atoms with E-state index >= 15 is 0 Å². The number of thiazole rings is 1. The van der Waals surface area contributed by atoms with Crippen LogP contribution in [0.4, 0.5) is 0 Å². The van der Waals surface area contributed by atoms with Gasteiger partial charge in [0.05, 0.1) is 11.8 Å². The maximum absolute atomic E-state index is 13.2. The van der Waals surface area contributed by atoms with Crippen LogP contribution in [0.5, 0.6) is 0 Å². The van der Waals surface area contributed by atoms with Crippen LogP contribution in [0.2, 0.25) is 0 Å². The molecule has 0 fully saturated rings. The lowest BCUT2D eigenvalue weighted by molar-refractivity contribution is -0.133. The SMILES string of the molecule is N=c1sccn1CC(=O)N1N=C(c2ccc3ccccc3c2)C[C@H]1c1ccccc1. The van der Waals surface area contributed by atoms with Gasteiger partial charge in [0.25, 0.3) is 5.91 Å². The molecule has 0 saturated heterocycles. The number of amides is 1. The zero-order chi connectivity index (χ0) is 20.5. The number of carbonyl (C=O) groups is 1. The number of rotatable bonds is 4. The third-order valence-electron chi connectivity index (χ3n) is 5.42. The zero-order valence-electron chi connectivity index (χ0n) is 16.2. The van der Waals surface area contributed by atoms with Gasteiger partial charge >= 0.3 is 0 Å². The maximum Gasteiger partial charge on any atom is 0.263 e. The van der Waals surface area contributed by atoms with Crippen molar-refractivity contribution in [3.05, 3.63) is 100 Å². The fourth-order valence-electron chi connectivity index (χ4n) is 3.86. The van der Waals surface area contributed by atoms with Crippen molar-refractivity contribution in [3.8, 4) is 0 Å². The summed E-state index contributed by atoms with van der Waals surface area (Å²) in [5, 5.41) is 18.5. The number of nitrogens with one attached hydrogen (secondary N) is 1. The van der Waals surface area contributed by atoms with Gasteiger partial charge in [0, 0.05) is 18.0 Å². The number of aromatic nitrogens is 1. The molecule has 0 bridgehead atoms. The maximum atomic E-state index is 13.2. The summed E-state index contributed by atoms with van der Waals surface area (Å²) >= 11 is 1.31. The molecule has 0 aliphatic carbocycles. The van der Waals surface area contributed by atoms with Gasteiger partial charge in [-0.15, -0.1) is 11.3 Å². The van der Waals surface area contributed by atoms with Crippen LogP contribution in [-0.4, -0.2) is 21.2 Å². The van der Waals surface area contributed by atoms with E-state index in [9.17, 15) is 4.79 Å². The molecule has 1 aromatic heterocycles. The third kappa shape index (κ3) is 3.46. The van der Waals surface area contributed by atoms with Gasteiger partial charge in [-0.25, -0.2) is 5.01 Å². The Morgan fingerprint density at radius 1 is 1.03 bits per heavy atom. The number of hydrazone groups is 1. The first-order chi connectivity index (χ1) is 14.7. The molecule has 5 rings (SSSR count). The van der Waals surface area contributed by atoms with Crippen LogP contribution in [0.15, 0.2) is 89.5 Å². The molecule has 3 aromatic carbocycles. The third-order valence-corrected chi connectivity index (χ3v) is 6.14. The number of carbonyl (C=O) groups excluding carboxylic acids is 1. The zero-order valence-corrected chi connectivity index (χ0v) is 17.0. The van der Waals surface area contributed by atoms with E-state index in [1.165, 1.54) is 16.7 Å². The highest BCUT2D eigenvalue weighted by Gasteiger charge is 2.33. The van der Waals surface area contributed by atoms with Crippen LogP contribution in [0, 0.1) is 5.41 Å². The van der Waals surface area contributed by atoms with Crippen molar-refractivity contribution < 1.29 is 4.79 Å². The van der Waals surface area contributed by atoms with Crippen LogP contribution in [-0.2, 0) is 11.3 Å². The summed E-state index contributed by atoms with van der Waals surface area (Å²) < 4.78 is 1.65. The van der Waals surface area contributed by atoms with Crippen molar-refractivity contribution in [2.45, 2.75) is 19.0 Å². The first-order valence-electron chi connectivity index (χ1n) is 9.81. The van der Waals surface area contributed by atoms with E-state index in [1.807, 2.05) is 47.8 Å². The largest absolute Gasteiger partial charge is 0.315 e. The van der Waals surface area contributed by atoms with E-state index in [0.717, 1.165) is 22.2 Å². The molecular weight excluding hydrogens is 392 g/mol. The minimum atomic E-state index is -0.145. The molecule has 148 valence electrons. The Morgan fingerprint density at radius 2 is 1.80 bits per heavy atom.